The molecule has 86 valence electrons. The minimum Gasteiger partial charge on any atom is -0.481 e. The van der Waals surface area contributed by atoms with Crippen LogP contribution in [0.25, 0.3) is 0 Å². The molecule has 0 saturated heterocycles. The van der Waals surface area contributed by atoms with Gasteiger partial charge in [0.15, 0.2) is 0 Å². The third-order valence-electron chi connectivity index (χ3n) is 1.79. The van der Waals surface area contributed by atoms with Gasteiger partial charge in [-0.15, -0.1) is 0 Å². The monoisotopic (exact) mass is 234 g/mol. The lowest BCUT2D eigenvalue weighted by molar-refractivity contribution is -0.136. The lowest BCUT2D eigenvalue weighted by Gasteiger charge is -2.18. The summed E-state index contributed by atoms with van der Waals surface area (Å²) < 4.78 is 24.2. The van der Waals surface area contributed by atoms with Crippen molar-refractivity contribution in [2.75, 3.05) is 18.8 Å². The number of carboxylic acid groups (broad SMARTS) is 1. The molecule has 7 heteroatoms. The largest absolute Gasteiger partial charge is 0.481 e. The summed E-state index contributed by atoms with van der Waals surface area (Å²) in [5.74, 6) is -1.56. The molecular weight excluding hydrogens is 220 g/mol. The first-order valence-corrected chi connectivity index (χ1v) is 6.11. The Bertz CT molecular complexity index is 344. The van der Waals surface area contributed by atoms with Gasteiger partial charge < -0.3 is 5.11 Å². The van der Waals surface area contributed by atoms with Gasteiger partial charge in [-0.05, 0) is 0 Å². The van der Waals surface area contributed by atoms with Gasteiger partial charge in [0.25, 0.3) is 0 Å². The molecule has 0 unspecified atom stereocenters. The van der Waals surface area contributed by atoms with E-state index >= 15 is 0 Å². The standard InChI is InChI=1S/C8H14N2O4S/c1-2-10(6-3-5-9)15(13,14)7-4-8(11)12/h2-4,6-7H2,1H3,(H,11,12). The summed E-state index contributed by atoms with van der Waals surface area (Å²) in [4.78, 5) is 10.2. The van der Waals surface area contributed by atoms with Gasteiger partial charge >= 0.3 is 5.97 Å². The predicted octanol–water partition coefficient (Wildman–Crippen LogP) is 0.0265. The van der Waals surface area contributed by atoms with Gasteiger partial charge in [-0.25, -0.2) is 12.7 Å². The molecule has 0 amide bonds. The molecule has 15 heavy (non-hydrogen) atoms. The number of rotatable bonds is 7. The first-order valence-electron chi connectivity index (χ1n) is 4.50. The fourth-order valence-electron chi connectivity index (χ4n) is 1.01. The van der Waals surface area contributed by atoms with Gasteiger partial charge in [-0.2, -0.15) is 5.26 Å². The van der Waals surface area contributed by atoms with Gasteiger partial charge in [0, 0.05) is 19.5 Å². The third-order valence-corrected chi connectivity index (χ3v) is 3.74. The van der Waals surface area contributed by atoms with Crippen LogP contribution in [0.15, 0.2) is 0 Å². The van der Waals surface area contributed by atoms with Crippen LogP contribution in [0.5, 0.6) is 0 Å². The summed E-state index contributed by atoms with van der Waals surface area (Å²) in [6.07, 6.45) is -0.300. The Balaban J connectivity index is 4.39. The van der Waals surface area contributed by atoms with Crippen LogP contribution in [0.2, 0.25) is 0 Å². The van der Waals surface area contributed by atoms with Crippen LogP contribution in [0.1, 0.15) is 19.8 Å². The number of nitriles is 1. The Morgan fingerprint density at radius 3 is 2.53 bits per heavy atom. The van der Waals surface area contributed by atoms with E-state index in [-0.39, 0.29) is 19.5 Å². The third kappa shape index (κ3) is 5.34. The highest BCUT2D eigenvalue weighted by molar-refractivity contribution is 7.89. The molecule has 0 aromatic rings. The minimum atomic E-state index is -3.54. The van der Waals surface area contributed by atoms with E-state index in [4.69, 9.17) is 10.4 Å². The van der Waals surface area contributed by atoms with Crippen molar-refractivity contribution in [3.63, 3.8) is 0 Å². The van der Waals surface area contributed by atoms with Crippen LogP contribution in [-0.2, 0) is 14.8 Å². The first kappa shape index (κ1) is 13.9. The molecule has 0 aromatic carbocycles. The predicted molar refractivity (Wildman–Crippen MR) is 53.5 cm³/mol. The molecule has 0 heterocycles. The normalized spacial score (nSPS) is 11.3. The molecule has 0 spiro atoms. The average molecular weight is 234 g/mol. The van der Waals surface area contributed by atoms with Crippen molar-refractivity contribution in [2.24, 2.45) is 0 Å². The molecule has 0 saturated carbocycles. The Kier molecular flexibility index (Phi) is 5.89. The summed E-state index contributed by atoms with van der Waals surface area (Å²) in [6.45, 7) is 2.02. The molecular formula is C8H14N2O4S. The number of carbonyl (C=O) groups is 1. The van der Waals surface area contributed by atoms with Crippen LogP contribution >= 0.6 is 0 Å². The lowest BCUT2D eigenvalue weighted by Crippen LogP contribution is -2.34. The SMILES string of the molecule is CCN(CCC#N)S(=O)(=O)CCC(=O)O. The molecule has 6 nitrogen and oxygen atoms in total. The van der Waals surface area contributed by atoms with E-state index in [1.165, 1.54) is 0 Å². The zero-order chi connectivity index (χ0) is 11.9. The molecule has 0 atom stereocenters. The molecule has 0 radical (unpaired) electrons. The Hall–Kier alpha value is -1.13. The quantitative estimate of drug-likeness (QED) is 0.669. The van der Waals surface area contributed by atoms with E-state index in [0.29, 0.717) is 0 Å². The van der Waals surface area contributed by atoms with E-state index in [9.17, 15) is 13.2 Å². The van der Waals surface area contributed by atoms with Gasteiger partial charge in [0.2, 0.25) is 10.0 Å². The van der Waals surface area contributed by atoms with E-state index in [2.05, 4.69) is 0 Å². The number of carboxylic acids is 1. The van der Waals surface area contributed by atoms with Gasteiger partial charge in [0.05, 0.1) is 18.2 Å². The maximum Gasteiger partial charge on any atom is 0.304 e. The van der Waals surface area contributed by atoms with Gasteiger partial charge in [0.1, 0.15) is 0 Å². The van der Waals surface area contributed by atoms with Crippen molar-refractivity contribution in [1.82, 2.24) is 4.31 Å². The molecule has 0 aromatic heterocycles. The van der Waals surface area contributed by atoms with Crippen molar-refractivity contribution in [1.29, 1.82) is 5.26 Å². The molecule has 0 fully saturated rings. The Morgan fingerprint density at radius 2 is 2.13 bits per heavy atom. The van der Waals surface area contributed by atoms with E-state index in [0.717, 1.165) is 4.31 Å². The minimum absolute atomic E-state index is 0.111. The highest BCUT2D eigenvalue weighted by Gasteiger charge is 2.20. The highest BCUT2D eigenvalue weighted by atomic mass is 32.2. The average Bonchev–Trinajstić information content (AvgIpc) is 2.16. The molecule has 0 aliphatic heterocycles. The van der Waals surface area contributed by atoms with Crippen molar-refractivity contribution in [3.8, 4) is 6.07 Å². The van der Waals surface area contributed by atoms with Crippen LogP contribution in [0, 0.1) is 11.3 Å². The van der Waals surface area contributed by atoms with E-state index in [1.54, 1.807) is 6.92 Å². The summed E-state index contributed by atoms with van der Waals surface area (Å²) in [5, 5.41) is 16.7. The van der Waals surface area contributed by atoms with Crippen molar-refractivity contribution < 1.29 is 18.3 Å². The second-order valence-electron chi connectivity index (χ2n) is 2.86. The summed E-state index contributed by atoms with van der Waals surface area (Å²) in [7, 11) is -3.54. The summed E-state index contributed by atoms with van der Waals surface area (Å²) in [6, 6.07) is 1.85. The second kappa shape index (κ2) is 6.37. The van der Waals surface area contributed by atoms with Crippen LogP contribution in [0.3, 0.4) is 0 Å². The number of hydrogen-bond donors (Lipinski definition) is 1. The highest BCUT2D eigenvalue weighted by Crippen LogP contribution is 2.04. The van der Waals surface area contributed by atoms with Gasteiger partial charge in [-0.1, -0.05) is 6.92 Å². The Labute approximate surface area is 89.2 Å². The van der Waals surface area contributed by atoms with Crippen LogP contribution in [-0.4, -0.2) is 42.6 Å². The fraction of sp³-hybridized carbons (Fsp3) is 0.750. The van der Waals surface area contributed by atoms with Crippen LogP contribution in [0.4, 0.5) is 0 Å². The number of nitrogens with zero attached hydrogens (tertiary/aromatic N) is 2. The van der Waals surface area contributed by atoms with Crippen molar-refractivity contribution in [3.05, 3.63) is 0 Å². The van der Waals surface area contributed by atoms with E-state index in [1.807, 2.05) is 6.07 Å². The number of hydrogen-bond acceptors (Lipinski definition) is 4. The Morgan fingerprint density at radius 1 is 1.53 bits per heavy atom. The smallest absolute Gasteiger partial charge is 0.304 e. The van der Waals surface area contributed by atoms with E-state index < -0.39 is 28.2 Å². The maximum atomic E-state index is 11.5. The van der Waals surface area contributed by atoms with Crippen molar-refractivity contribution in [2.45, 2.75) is 19.8 Å². The zero-order valence-electron chi connectivity index (χ0n) is 8.51. The van der Waals surface area contributed by atoms with Crippen molar-refractivity contribution >= 4 is 16.0 Å². The van der Waals surface area contributed by atoms with Crippen LogP contribution < -0.4 is 0 Å². The lowest BCUT2D eigenvalue weighted by atomic mass is 10.5. The van der Waals surface area contributed by atoms with Gasteiger partial charge in [-0.3, -0.25) is 4.79 Å². The first-order chi connectivity index (χ1) is 6.94. The molecule has 1 N–H and O–H groups in total. The molecule has 0 aliphatic rings. The number of sulfonamides is 1. The molecule has 0 aliphatic carbocycles. The molecule has 0 bridgehead atoms. The second-order valence-corrected chi connectivity index (χ2v) is 4.95. The fourth-order valence-corrected chi connectivity index (χ4v) is 2.47. The molecule has 0 rings (SSSR count). The topological polar surface area (TPSA) is 98.5 Å². The maximum absolute atomic E-state index is 11.5. The zero-order valence-corrected chi connectivity index (χ0v) is 9.33. The summed E-state index contributed by atoms with van der Waals surface area (Å²) in [5.41, 5.74) is 0. The number of aliphatic carboxylic acids is 1. The summed E-state index contributed by atoms with van der Waals surface area (Å²) >= 11 is 0.